The zero-order valence-corrected chi connectivity index (χ0v) is 23.0. The van der Waals surface area contributed by atoms with E-state index in [1.54, 1.807) is 0 Å². The van der Waals surface area contributed by atoms with Gasteiger partial charge in [0.15, 0.2) is 0 Å². The Morgan fingerprint density at radius 1 is 0.800 bits per heavy atom. The van der Waals surface area contributed by atoms with Gasteiger partial charge in [-0.1, -0.05) is 110 Å². The molecule has 2 heterocycles. The van der Waals surface area contributed by atoms with Crippen LogP contribution in [0.4, 0.5) is 0 Å². The summed E-state index contributed by atoms with van der Waals surface area (Å²) in [5, 5.41) is 18.0. The molecule has 3 nitrogen and oxygen atoms in total. The summed E-state index contributed by atoms with van der Waals surface area (Å²) in [5.41, 5.74) is 7.23. The van der Waals surface area contributed by atoms with E-state index in [0.29, 0.717) is 6.42 Å². The number of aromatic nitrogens is 1. The topological polar surface area (TPSA) is 37.2 Å². The molecule has 40 heavy (non-hydrogen) atoms. The van der Waals surface area contributed by atoms with Crippen LogP contribution in [-0.4, -0.2) is 15.8 Å². The molecule has 1 aromatic heterocycles. The predicted octanol–water partition coefficient (Wildman–Crippen LogP) is 6.26. The van der Waals surface area contributed by atoms with Crippen molar-refractivity contribution < 1.29 is 5.11 Å². The van der Waals surface area contributed by atoms with E-state index in [4.69, 9.17) is 0 Å². The van der Waals surface area contributed by atoms with Crippen molar-refractivity contribution in [1.82, 2.24) is 9.88 Å². The number of nitrogens with one attached hydrogen (secondary N) is 1. The number of hydrogen-bond acceptors (Lipinski definition) is 2. The first-order valence-corrected chi connectivity index (χ1v) is 14.2. The van der Waals surface area contributed by atoms with Crippen LogP contribution in [0.2, 0.25) is 0 Å². The van der Waals surface area contributed by atoms with Gasteiger partial charge < -0.3 is 15.0 Å². The monoisotopic (exact) mass is 522 g/mol. The van der Waals surface area contributed by atoms with Crippen molar-refractivity contribution >= 4 is 23.1 Å². The number of rotatable bonds is 5. The van der Waals surface area contributed by atoms with Crippen LogP contribution in [0, 0.1) is 5.92 Å². The van der Waals surface area contributed by atoms with E-state index in [1.165, 1.54) is 43.9 Å². The summed E-state index contributed by atoms with van der Waals surface area (Å²) in [6.45, 7) is 4.68. The molecule has 198 valence electrons. The van der Waals surface area contributed by atoms with Crippen LogP contribution in [0.5, 0.6) is 0 Å². The Balaban J connectivity index is 1.38. The van der Waals surface area contributed by atoms with Crippen LogP contribution in [-0.2, 0) is 5.41 Å². The molecular formula is C37H34N2O. The fraction of sp³-hybridized carbons (Fsp3) is 0.189. The minimum absolute atomic E-state index is 0.0190. The molecule has 0 saturated carbocycles. The molecule has 0 amide bonds. The van der Waals surface area contributed by atoms with Crippen LogP contribution in [0.1, 0.15) is 37.6 Å². The average Bonchev–Trinajstić information content (AvgIpc) is 3.54. The first kappa shape index (κ1) is 24.7. The molecule has 1 aliphatic carbocycles. The lowest BCUT2D eigenvalue weighted by atomic mass is 9.67. The minimum atomic E-state index is -0.479. The first-order chi connectivity index (χ1) is 19.6. The number of aliphatic hydroxyl groups excluding tert-OH is 1. The Bertz CT molecular complexity index is 1800. The van der Waals surface area contributed by atoms with E-state index >= 15 is 0 Å². The molecule has 3 atom stereocenters. The Kier molecular flexibility index (Phi) is 5.98. The molecule has 0 bridgehead atoms. The molecule has 2 N–H and O–H groups in total. The number of hydrogen-bond donors (Lipinski definition) is 2. The summed E-state index contributed by atoms with van der Waals surface area (Å²) < 4.78 is 2.42. The molecule has 7 rings (SSSR count). The third-order valence-corrected chi connectivity index (χ3v) is 9.03. The third kappa shape index (κ3) is 3.84. The molecule has 3 unspecified atom stereocenters. The molecule has 0 radical (unpaired) electrons. The van der Waals surface area contributed by atoms with Gasteiger partial charge in [-0.2, -0.15) is 0 Å². The quantitative estimate of drug-likeness (QED) is 0.286. The van der Waals surface area contributed by atoms with Gasteiger partial charge in [0, 0.05) is 27.3 Å². The van der Waals surface area contributed by atoms with Gasteiger partial charge in [0.05, 0.1) is 11.6 Å². The summed E-state index contributed by atoms with van der Waals surface area (Å²) >= 11 is 0. The lowest BCUT2D eigenvalue weighted by molar-refractivity contribution is 0.243. The Hall–Kier alpha value is -4.34. The molecule has 3 heteroatoms. The van der Waals surface area contributed by atoms with Crippen LogP contribution in [0.25, 0.3) is 34.2 Å². The maximum absolute atomic E-state index is 10.7. The highest BCUT2D eigenvalue weighted by atomic mass is 16.3. The van der Waals surface area contributed by atoms with E-state index in [0.717, 1.165) is 5.35 Å². The van der Waals surface area contributed by atoms with Gasteiger partial charge in [-0.15, -0.1) is 0 Å². The van der Waals surface area contributed by atoms with E-state index in [2.05, 4.69) is 145 Å². The van der Waals surface area contributed by atoms with E-state index in [1.807, 2.05) is 6.08 Å². The molecule has 2 aliphatic rings. The summed E-state index contributed by atoms with van der Waals surface area (Å²) in [6, 6.07) is 39.0. The van der Waals surface area contributed by atoms with Crippen molar-refractivity contribution in [2.75, 3.05) is 0 Å². The predicted molar refractivity (Wildman–Crippen MR) is 165 cm³/mol. The maximum atomic E-state index is 10.7. The smallest absolute Gasteiger partial charge is 0.110 e. The highest BCUT2D eigenvalue weighted by Gasteiger charge is 2.41. The van der Waals surface area contributed by atoms with E-state index < -0.39 is 6.10 Å². The Morgan fingerprint density at radius 3 is 2.08 bits per heavy atom. The van der Waals surface area contributed by atoms with Crippen molar-refractivity contribution in [2.24, 2.45) is 5.92 Å². The lowest BCUT2D eigenvalue weighted by Crippen LogP contribution is -2.40. The average molecular weight is 523 g/mol. The second kappa shape index (κ2) is 9.69. The molecule has 4 aromatic carbocycles. The second-order valence-electron chi connectivity index (χ2n) is 11.3. The van der Waals surface area contributed by atoms with Crippen molar-refractivity contribution in [3.8, 4) is 11.1 Å². The fourth-order valence-corrected chi connectivity index (χ4v) is 6.90. The fourth-order valence-electron chi connectivity index (χ4n) is 6.90. The largest absolute Gasteiger partial charge is 0.389 e. The molecule has 5 aromatic rings. The molecular weight excluding hydrogens is 488 g/mol. The van der Waals surface area contributed by atoms with Crippen LogP contribution in [0.15, 0.2) is 121 Å². The molecule has 0 spiro atoms. The van der Waals surface area contributed by atoms with Gasteiger partial charge in [0.1, 0.15) is 6.17 Å². The summed E-state index contributed by atoms with van der Waals surface area (Å²) in [7, 11) is 0. The minimum Gasteiger partial charge on any atom is -0.389 e. The van der Waals surface area contributed by atoms with E-state index in [9.17, 15) is 5.11 Å². The van der Waals surface area contributed by atoms with Gasteiger partial charge in [-0.05, 0) is 65.6 Å². The maximum Gasteiger partial charge on any atom is 0.110 e. The first-order valence-electron chi connectivity index (χ1n) is 14.2. The Labute approximate surface area is 235 Å². The normalized spacial score (nSPS) is 20.3. The standard InChI is InChI=1S/C37H34N2O/c1-25-33(37(2,28-14-8-4-9-15-28)29-16-10-5-11-17-29)24-38-36(25)39-34-21-18-27(26-12-6-3-7-13-26)22-32(34)31-20-19-30(40)23-35(31)39/h3-18,20-25,30,36,38,40H,19H2,1-2H3. The van der Waals surface area contributed by atoms with Crippen molar-refractivity contribution in [2.45, 2.75) is 38.0 Å². The van der Waals surface area contributed by atoms with Gasteiger partial charge >= 0.3 is 0 Å². The van der Waals surface area contributed by atoms with Gasteiger partial charge in [-0.25, -0.2) is 0 Å². The molecule has 0 fully saturated rings. The van der Waals surface area contributed by atoms with Crippen molar-refractivity contribution in [1.29, 1.82) is 0 Å². The van der Waals surface area contributed by atoms with E-state index in [-0.39, 0.29) is 17.5 Å². The van der Waals surface area contributed by atoms with Crippen LogP contribution in [0.3, 0.4) is 0 Å². The number of fused-ring (bicyclic) bond motifs is 3. The number of nitrogens with zero attached hydrogens (tertiary/aromatic N) is 1. The third-order valence-electron chi connectivity index (χ3n) is 9.03. The SMILES string of the molecule is CC1C(C(C)(c2ccccc2)c2ccccc2)=CNC1n1c2c(c3cc(-c4ccccc4)ccc31)=CCC(O)C=2. The highest BCUT2D eigenvalue weighted by Crippen LogP contribution is 2.46. The zero-order chi connectivity index (χ0) is 27.3. The van der Waals surface area contributed by atoms with Crippen molar-refractivity contribution in [3.05, 3.63) is 143 Å². The van der Waals surface area contributed by atoms with Gasteiger partial charge in [0.25, 0.3) is 0 Å². The highest BCUT2D eigenvalue weighted by molar-refractivity contribution is 5.87. The van der Waals surface area contributed by atoms with Crippen LogP contribution >= 0.6 is 0 Å². The lowest BCUT2D eigenvalue weighted by Gasteiger charge is -2.36. The van der Waals surface area contributed by atoms with Crippen LogP contribution < -0.4 is 15.9 Å². The van der Waals surface area contributed by atoms with Gasteiger partial charge in [0.2, 0.25) is 0 Å². The van der Waals surface area contributed by atoms with Gasteiger partial charge in [-0.3, -0.25) is 0 Å². The molecule has 0 saturated heterocycles. The van der Waals surface area contributed by atoms with Crippen molar-refractivity contribution in [3.63, 3.8) is 0 Å². The number of aliphatic hydroxyl groups is 1. The second-order valence-corrected chi connectivity index (χ2v) is 11.3. The zero-order valence-electron chi connectivity index (χ0n) is 23.0. The number of benzene rings is 4. The summed E-state index contributed by atoms with van der Waals surface area (Å²) in [5.74, 6) is 0.200. The Morgan fingerprint density at radius 2 is 1.43 bits per heavy atom. The molecule has 1 aliphatic heterocycles. The summed E-state index contributed by atoms with van der Waals surface area (Å²) in [6.07, 6.45) is 6.67. The summed E-state index contributed by atoms with van der Waals surface area (Å²) in [4.78, 5) is 0.